The van der Waals surface area contributed by atoms with Crippen LogP contribution in [0.5, 0.6) is 5.75 Å². The molecule has 1 aliphatic heterocycles. The monoisotopic (exact) mass is 235 g/mol. The highest BCUT2D eigenvalue weighted by molar-refractivity contribution is 5.28. The fourth-order valence-electron chi connectivity index (χ4n) is 2.37. The number of aliphatic hydroxyl groups excluding tert-OH is 1. The van der Waals surface area contributed by atoms with E-state index in [1.54, 1.807) is 7.11 Å². The molecule has 2 rings (SSSR count). The van der Waals surface area contributed by atoms with E-state index >= 15 is 0 Å². The lowest BCUT2D eigenvalue weighted by Crippen LogP contribution is -2.26. The molecule has 2 atom stereocenters. The number of β-amino-alcohol motifs (C(OH)–C–C–N with tert-alkyl or cyclic N) is 1. The maximum absolute atomic E-state index is 10.1. The smallest absolute Gasteiger partial charge is 0.118 e. The number of aliphatic hydroxyl groups is 1. The van der Waals surface area contributed by atoms with Crippen molar-refractivity contribution in [2.75, 3.05) is 26.7 Å². The van der Waals surface area contributed by atoms with Crippen LogP contribution in [-0.4, -0.2) is 36.8 Å². The topological polar surface area (TPSA) is 32.7 Å². The number of benzene rings is 1. The quantitative estimate of drug-likeness (QED) is 0.867. The third kappa shape index (κ3) is 3.20. The Kier molecular flexibility index (Phi) is 4.02. The zero-order valence-corrected chi connectivity index (χ0v) is 10.6. The van der Waals surface area contributed by atoms with Crippen molar-refractivity contribution in [2.45, 2.75) is 19.4 Å². The normalized spacial score (nSPS) is 22.6. The minimum atomic E-state index is -0.397. The Morgan fingerprint density at radius 1 is 1.41 bits per heavy atom. The molecule has 0 radical (unpaired) electrons. The van der Waals surface area contributed by atoms with Gasteiger partial charge in [0, 0.05) is 13.1 Å². The largest absolute Gasteiger partial charge is 0.497 e. The van der Waals surface area contributed by atoms with Gasteiger partial charge in [-0.2, -0.15) is 0 Å². The highest BCUT2D eigenvalue weighted by atomic mass is 16.5. The van der Waals surface area contributed by atoms with Crippen LogP contribution in [0.3, 0.4) is 0 Å². The third-order valence-electron chi connectivity index (χ3n) is 3.44. The van der Waals surface area contributed by atoms with Gasteiger partial charge in [0.2, 0.25) is 0 Å². The molecule has 0 aromatic heterocycles. The van der Waals surface area contributed by atoms with Crippen LogP contribution in [0.2, 0.25) is 0 Å². The second-order valence-corrected chi connectivity index (χ2v) is 4.94. The van der Waals surface area contributed by atoms with E-state index in [1.807, 2.05) is 24.3 Å². The molecule has 3 heteroatoms. The Bertz CT molecular complexity index is 350. The molecule has 1 aromatic rings. The summed E-state index contributed by atoms with van der Waals surface area (Å²) in [5.41, 5.74) is 0.963. The van der Waals surface area contributed by atoms with Crippen molar-refractivity contribution in [1.82, 2.24) is 4.90 Å². The molecular weight excluding hydrogens is 214 g/mol. The first-order valence-corrected chi connectivity index (χ1v) is 6.23. The standard InChI is InChI=1S/C14H21NO2/c1-11-7-8-15(9-11)10-14(16)12-3-5-13(17-2)6-4-12/h3-6,11,14,16H,7-10H2,1-2H3. The molecule has 1 fully saturated rings. The number of hydrogen-bond acceptors (Lipinski definition) is 3. The maximum atomic E-state index is 10.1. The Morgan fingerprint density at radius 2 is 2.12 bits per heavy atom. The van der Waals surface area contributed by atoms with E-state index in [9.17, 15) is 5.11 Å². The van der Waals surface area contributed by atoms with Crippen molar-refractivity contribution in [3.05, 3.63) is 29.8 Å². The van der Waals surface area contributed by atoms with E-state index in [-0.39, 0.29) is 0 Å². The zero-order valence-electron chi connectivity index (χ0n) is 10.6. The van der Waals surface area contributed by atoms with E-state index in [1.165, 1.54) is 6.42 Å². The van der Waals surface area contributed by atoms with Crippen LogP contribution >= 0.6 is 0 Å². The summed E-state index contributed by atoms with van der Waals surface area (Å²) < 4.78 is 5.10. The van der Waals surface area contributed by atoms with Crippen molar-refractivity contribution in [1.29, 1.82) is 0 Å². The average Bonchev–Trinajstić information content (AvgIpc) is 2.75. The minimum Gasteiger partial charge on any atom is -0.497 e. The van der Waals surface area contributed by atoms with E-state index < -0.39 is 6.10 Å². The fourth-order valence-corrected chi connectivity index (χ4v) is 2.37. The van der Waals surface area contributed by atoms with Crippen molar-refractivity contribution in [2.24, 2.45) is 5.92 Å². The molecule has 2 unspecified atom stereocenters. The molecule has 1 N–H and O–H groups in total. The summed E-state index contributed by atoms with van der Waals surface area (Å²) in [6.45, 7) is 5.21. The number of methoxy groups -OCH3 is 1. The van der Waals surface area contributed by atoms with Gasteiger partial charge in [-0.3, -0.25) is 0 Å². The first-order chi connectivity index (χ1) is 8.19. The summed E-state index contributed by atoms with van der Waals surface area (Å²) in [6, 6.07) is 7.66. The first-order valence-electron chi connectivity index (χ1n) is 6.23. The van der Waals surface area contributed by atoms with Crippen molar-refractivity contribution >= 4 is 0 Å². The molecule has 0 amide bonds. The number of ether oxygens (including phenoxy) is 1. The summed E-state index contributed by atoms with van der Waals surface area (Å²) in [5.74, 6) is 1.59. The molecule has 1 heterocycles. The number of nitrogens with zero attached hydrogens (tertiary/aromatic N) is 1. The van der Waals surface area contributed by atoms with E-state index in [2.05, 4.69) is 11.8 Å². The summed E-state index contributed by atoms with van der Waals surface area (Å²) in [7, 11) is 1.65. The van der Waals surface area contributed by atoms with E-state index in [4.69, 9.17) is 4.74 Å². The lowest BCUT2D eigenvalue weighted by atomic mass is 10.1. The molecule has 1 aliphatic rings. The Labute approximate surface area is 103 Å². The summed E-state index contributed by atoms with van der Waals surface area (Å²) in [4.78, 5) is 2.33. The van der Waals surface area contributed by atoms with E-state index in [0.29, 0.717) is 0 Å². The third-order valence-corrected chi connectivity index (χ3v) is 3.44. The number of hydrogen-bond donors (Lipinski definition) is 1. The second kappa shape index (κ2) is 5.52. The van der Waals surface area contributed by atoms with Crippen LogP contribution in [0.15, 0.2) is 24.3 Å². The van der Waals surface area contributed by atoms with Gasteiger partial charge in [0.1, 0.15) is 5.75 Å². The van der Waals surface area contributed by atoms with Crippen LogP contribution in [0.1, 0.15) is 25.0 Å². The first kappa shape index (κ1) is 12.4. The maximum Gasteiger partial charge on any atom is 0.118 e. The van der Waals surface area contributed by atoms with Gasteiger partial charge in [-0.05, 0) is 36.6 Å². The Balaban J connectivity index is 1.92. The Hall–Kier alpha value is -1.06. The molecule has 0 spiro atoms. The summed E-state index contributed by atoms with van der Waals surface area (Å²) in [5, 5.41) is 10.1. The minimum absolute atomic E-state index is 0.397. The number of rotatable bonds is 4. The zero-order chi connectivity index (χ0) is 12.3. The van der Waals surface area contributed by atoms with Gasteiger partial charge in [-0.1, -0.05) is 19.1 Å². The van der Waals surface area contributed by atoms with Crippen LogP contribution in [0.4, 0.5) is 0 Å². The highest BCUT2D eigenvalue weighted by Crippen LogP contribution is 2.21. The predicted octanol–water partition coefficient (Wildman–Crippen LogP) is 2.07. The van der Waals surface area contributed by atoms with Gasteiger partial charge in [-0.25, -0.2) is 0 Å². The van der Waals surface area contributed by atoms with Crippen LogP contribution in [0, 0.1) is 5.92 Å². The van der Waals surface area contributed by atoms with Gasteiger partial charge in [0.25, 0.3) is 0 Å². The van der Waals surface area contributed by atoms with Crippen LogP contribution < -0.4 is 4.74 Å². The molecule has 1 aromatic carbocycles. The van der Waals surface area contributed by atoms with E-state index in [0.717, 1.165) is 36.9 Å². The van der Waals surface area contributed by atoms with Crippen LogP contribution in [-0.2, 0) is 0 Å². The van der Waals surface area contributed by atoms with Gasteiger partial charge >= 0.3 is 0 Å². The molecule has 0 aliphatic carbocycles. The van der Waals surface area contributed by atoms with Crippen LogP contribution in [0.25, 0.3) is 0 Å². The van der Waals surface area contributed by atoms with Gasteiger partial charge in [0.15, 0.2) is 0 Å². The second-order valence-electron chi connectivity index (χ2n) is 4.94. The lowest BCUT2D eigenvalue weighted by Gasteiger charge is -2.20. The highest BCUT2D eigenvalue weighted by Gasteiger charge is 2.21. The van der Waals surface area contributed by atoms with Crippen molar-refractivity contribution in [3.63, 3.8) is 0 Å². The molecular formula is C14H21NO2. The Morgan fingerprint density at radius 3 is 2.65 bits per heavy atom. The van der Waals surface area contributed by atoms with Gasteiger partial charge < -0.3 is 14.7 Å². The molecule has 1 saturated heterocycles. The molecule has 94 valence electrons. The molecule has 0 saturated carbocycles. The molecule has 0 bridgehead atoms. The van der Waals surface area contributed by atoms with Crippen molar-refractivity contribution in [3.8, 4) is 5.75 Å². The number of likely N-dealkylation sites (tertiary alicyclic amines) is 1. The fraction of sp³-hybridized carbons (Fsp3) is 0.571. The SMILES string of the molecule is COc1ccc(C(O)CN2CCC(C)C2)cc1. The molecule has 3 nitrogen and oxygen atoms in total. The molecule has 17 heavy (non-hydrogen) atoms. The predicted molar refractivity (Wildman–Crippen MR) is 68.2 cm³/mol. The summed E-state index contributed by atoms with van der Waals surface area (Å²) in [6.07, 6.45) is 0.848. The van der Waals surface area contributed by atoms with Gasteiger partial charge in [0.05, 0.1) is 13.2 Å². The summed E-state index contributed by atoms with van der Waals surface area (Å²) >= 11 is 0. The van der Waals surface area contributed by atoms with Crippen molar-refractivity contribution < 1.29 is 9.84 Å². The average molecular weight is 235 g/mol. The lowest BCUT2D eigenvalue weighted by molar-refractivity contribution is 0.124. The van der Waals surface area contributed by atoms with Gasteiger partial charge in [-0.15, -0.1) is 0 Å².